The molecule has 0 unspecified atom stereocenters. The van der Waals surface area contributed by atoms with Gasteiger partial charge in [0.2, 0.25) is 0 Å². The van der Waals surface area contributed by atoms with Gasteiger partial charge in [0, 0.05) is 50.7 Å². The summed E-state index contributed by atoms with van der Waals surface area (Å²) < 4.78 is 1.82. The zero-order valence-electron chi connectivity index (χ0n) is 13.3. The molecular formula is C16H19N7. The predicted molar refractivity (Wildman–Crippen MR) is 89.2 cm³/mol. The van der Waals surface area contributed by atoms with E-state index >= 15 is 0 Å². The summed E-state index contributed by atoms with van der Waals surface area (Å²) >= 11 is 0. The Bertz CT molecular complexity index is 827. The molecule has 1 aliphatic heterocycles. The van der Waals surface area contributed by atoms with Gasteiger partial charge in [0.25, 0.3) is 0 Å². The summed E-state index contributed by atoms with van der Waals surface area (Å²) in [6, 6.07) is 4.32. The van der Waals surface area contributed by atoms with Crippen LogP contribution in [0, 0.1) is 0 Å². The molecule has 0 radical (unpaired) electrons. The largest absolute Gasteiger partial charge is 0.351 e. The Labute approximate surface area is 134 Å². The van der Waals surface area contributed by atoms with E-state index in [1.807, 2.05) is 30.1 Å². The number of rotatable bonds is 2. The number of nitrogens with zero attached hydrogens (tertiary/aromatic N) is 6. The Balaban J connectivity index is 1.95. The molecule has 0 spiro atoms. The summed E-state index contributed by atoms with van der Waals surface area (Å²) in [6.45, 7) is 5.04. The molecular weight excluding hydrogens is 290 g/mol. The number of aromatic nitrogens is 5. The van der Waals surface area contributed by atoms with Crippen LogP contribution in [-0.2, 0) is 7.05 Å². The highest BCUT2D eigenvalue weighted by Gasteiger charge is 2.25. The maximum Gasteiger partial charge on any atom is 0.163 e. The zero-order valence-corrected chi connectivity index (χ0v) is 13.3. The van der Waals surface area contributed by atoms with Crippen LogP contribution in [0.15, 0.2) is 30.9 Å². The van der Waals surface area contributed by atoms with Gasteiger partial charge in [0.05, 0.1) is 5.39 Å². The third-order valence-corrected chi connectivity index (χ3v) is 4.31. The summed E-state index contributed by atoms with van der Waals surface area (Å²) in [6.07, 6.45) is 5.23. The van der Waals surface area contributed by atoms with E-state index in [1.54, 1.807) is 12.5 Å². The number of hydrogen-bond donors (Lipinski definition) is 1. The molecule has 4 heterocycles. The van der Waals surface area contributed by atoms with Gasteiger partial charge in [0.1, 0.15) is 17.8 Å². The first-order chi connectivity index (χ1) is 11.3. The van der Waals surface area contributed by atoms with Crippen LogP contribution in [-0.4, -0.2) is 50.4 Å². The molecule has 1 fully saturated rings. The van der Waals surface area contributed by atoms with Gasteiger partial charge < -0.3 is 10.2 Å². The van der Waals surface area contributed by atoms with Crippen LogP contribution < -0.4 is 10.2 Å². The lowest BCUT2D eigenvalue weighted by Gasteiger charge is -2.35. The Morgan fingerprint density at radius 1 is 1.30 bits per heavy atom. The Morgan fingerprint density at radius 2 is 2.22 bits per heavy atom. The van der Waals surface area contributed by atoms with Gasteiger partial charge in [-0.15, -0.1) is 0 Å². The van der Waals surface area contributed by atoms with Crippen molar-refractivity contribution in [3.63, 3.8) is 0 Å². The first-order valence-corrected chi connectivity index (χ1v) is 7.81. The van der Waals surface area contributed by atoms with E-state index in [0.29, 0.717) is 6.04 Å². The molecule has 7 heteroatoms. The van der Waals surface area contributed by atoms with Crippen molar-refractivity contribution in [2.24, 2.45) is 7.05 Å². The van der Waals surface area contributed by atoms with Crippen LogP contribution in [0.4, 0.5) is 5.82 Å². The standard InChI is InChI=1S/C16H19N7/c1-11-8-18-6-7-23(11)16-13-14(12-4-3-5-17-9-12)21-22(2)15(13)19-10-20-16/h3-5,9-11,18H,6-8H2,1-2H3/t11-/m0/s1. The van der Waals surface area contributed by atoms with Gasteiger partial charge in [-0.2, -0.15) is 5.10 Å². The molecule has 7 nitrogen and oxygen atoms in total. The van der Waals surface area contributed by atoms with E-state index in [-0.39, 0.29) is 0 Å². The minimum Gasteiger partial charge on any atom is -0.351 e. The van der Waals surface area contributed by atoms with Gasteiger partial charge in [0.15, 0.2) is 5.65 Å². The topological polar surface area (TPSA) is 71.8 Å². The molecule has 1 atom stereocenters. The molecule has 3 aromatic heterocycles. The van der Waals surface area contributed by atoms with E-state index in [1.165, 1.54) is 0 Å². The van der Waals surface area contributed by atoms with E-state index in [9.17, 15) is 0 Å². The van der Waals surface area contributed by atoms with Crippen LogP contribution in [0.5, 0.6) is 0 Å². The van der Waals surface area contributed by atoms with Crippen molar-refractivity contribution >= 4 is 16.9 Å². The number of anilines is 1. The van der Waals surface area contributed by atoms with Gasteiger partial charge in [-0.05, 0) is 19.1 Å². The molecule has 3 aromatic rings. The monoisotopic (exact) mass is 309 g/mol. The molecule has 0 amide bonds. The number of pyridine rings is 1. The molecule has 1 saturated heterocycles. The summed E-state index contributed by atoms with van der Waals surface area (Å²) in [5.74, 6) is 0.955. The van der Waals surface area contributed by atoms with Crippen molar-refractivity contribution in [3.05, 3.63) is 30.9 Å². The van der Waals surface area contributed by atoms with Crippen molar-refractivity contribution in [2.75, 3.05) is 24.5 Å². The van der Waals surface area contributed by atoms with Crippen LogP contribution in [0.25, 0.3) is 22.3 Å². The van der Waals surface area contributed by atoms with Crippen LogP contribution in [0.1, 0.15) is 6.92 Å². The highest BCUT2D eigenvalue weighted by atomic mass is 15.3. The normalized spacial score (nSPS) is 18.5. The second kappa shape index (κ2) is 5.58. The van der Waals surface area contributed by atoms with E-state index in [4.69, 9.17) is 0 Å². The molecule has 4 rings (SSSR count). The first kappa shape index (κ1) is 14.1. The quantitative estimate of drug-likeness (QED) is 0.767. The van der Waals surface area contributed by atoms with Crippen molar-refractivity contribution < 1.29 is 0 Å². The maximum atomic E-state index is 4.67. The molecule has 118 valence electrons. The average Bonchev–Trinajstić information content (AvgIpc) is 2.94. The summed E-state index contributed by atoms with van der Waals surface area (Å²) in [5, 5.41) is 9.09. The van der Waals surface area contributed by atoms with Gasteiger partial charge in [-0.25, -0.2) is 14.6 Å². The maximum absolute atomic E-state index is 4.67. The van der Waals surface area contributed by atoms with Crippen LogP contribution in [0.3, 0.4) is 0 Å². The fourth-order valence-electron chi connectivity index (χ4n) is 3.15. The highest BCUT2D eigenvalue weighted by Crippen LogP contribution is 2.33. The van der Waals surface area contributed by atoms with Gasteiger partial charge in [-0.3, -0.25) is 4.98 Å². The number of fused-ring (bicyclic) bond motifs is 1. The lowest BCUT2D eigenvalue weighted by Crippen LogP contribution is -2.50. The van der Waals surface area contributed by atoms with Crippen molar-refractivity contribution in [2.45, 2.75) is 13.0 Å². The Morgan fingerprint density at radius 3 is 3.00 bits per heavy atom. The Kier molecular flexibility index (Phi) is 3.42. The van der Waals surface area contributed by atoms with Crippen LogP contribution >= 0.6 is 0 Å². The summed E-state index contributed by atoms with van der Waals surface area (Å²) in [4.78, 5) is 15.6. The first-order valence-electron chi connectivity index (χ1n) is 7.81. The zero-order chi connectivity index (χ0) is 15.8. The van der Waals surface area contributed by atoms with Gasteiger partial charge in [-0.1, -0.05) is 0 Å². The van der Waals surface area contributed by atoms with E-state index in [0.717, 1.165) is 47.7 Å². The van der Waals surface area contributed by atoms with Crippen molar-refractivity contribution in [3.8, 4) is 11.3 Å². The summed E-state index contributed by atoms with van der Waals surface area (Å²) in [5.41, 5.74) is 2.72. The van der Waals surface area contributed by atoms with Crippen molar-refractivity contribution in [1.29, 1.82) is 0 Å². The van der Waals surface area contributed by atoms with E-state index in [2.05, 4.69) is 37.2 Å². The highest BCUT2D eigenvalue weighted by molar-refractivity contribution is 5.99. The number of nitrogens with one attached hydrogen (secondary N) is 1. The smallest absolute Gasteiger partial charge is 0.163 e. The SMILES string of the molecule is C[C@H]1CNCCN1c1ncnc2c1c(-c1cccnc1)nn2C. The second-order valence-corrected chi connectivity index (χ2v) is 5.86. The molecule has 23 heavy (non-hydrogen) atoms. The fraction of sp³-hybridized carbons (Fsp3) is 0.375. The molecule has 0 aliphatic carbocycles. The molecule has 1 aliphatic rings. The Hall–Kier alpha value is -2.54. The summed E-state index contributed by atoms with van der Waals surface area (Å²) in [7, 11) is 1.92. The average molecular weight is 309 g/mol. The van der Waals surface area contributed by atoms with Crippen molar-refractivity contribution in [1.82, 2.24) is 30.0 Å². The minimum atomic E-state index is 0.379. The second-order valence-electron chi connectivity index (χ2n) is 5.86. The lowest BCUT2D eigenvalue weighted by atomic mass is 10.1. The van der Waals surface area contributed by atoms with Gasteiger partial charge >= 0.3 is 0 Å². The molecule has 1 N–H and O–H groups in total. The number of piperazine rings is 1. The van der Waals surface area contributed by atoms with Crippen LogP contribution in [0.2, 0.25) is 0 Å². The lowest BCUT2D eigenvalue weighted by molar-refractivity contribution is 0.498. The molecule has 0 aromatic carbocycles. The number of hydrogen-bond acceptors (Lipinski definition) is 6. The number of aryl methyl sites for hydroxylation is 1. The fourth-order valence-corrected chi connectivity index (χ4v) is 3.15. The molecule has 0 saturated carbocycles. The predicted octanol–water partition coefficient (Wildman–Crippen LogP) is 1.22. The third-order valence-electron chi connectivity index (χ3n) is 4.31. The molecule has 0 bridgehead atoms. The van der Waals surface area contributed by atoms with E-state index < -0.39 is 0 Å². The third kappa shape index (κ3) is 2.33. The minimum absolute atomic E-state index is 0.379.